The van der Waals surface area contributed by atoms with E-state index in [-0.39, 0.29) is 5.41 Å². The van der Waals surface area contributed by atoms with Crippen LogP contribution in [0.3, 0.4) is 0 Å². The van der Waals surface area contributed by atoms with Gasteiger partial charge in [-0.05, 0) is 110 Å². The minimum Gasteiger partial charge on any atom is -0.310 e. The van der Waals surface area contributed by atoms with Gasteiger partial charge >= 0.3 is 0 Å². The summed E-state index contributed by atoms with van der Waals surface area (Å²) in [5.74, 6) is 0. The second-order valence-corrected chi connectivity index (χ2v) is 15.4. The summed E-state index contributed by atoms with van der Waals surface area (Å²) in [6.07, 6.45) is 0. The first kappa shape index (κ1) is 31.6. The Bertz CT molecular complexity index is 3110. The standard InChI is InChI=1S/C53H38N2/c1-53(2)48-22-12-10-20-44(48)45-31-30-42(34-49(45)53)54(39-17-4-3-5-18-39)40-27-25-36(26-28-40)51-43-19-9-8-16-38(43)33-47-46-21-11-13-23-50(46)55(52(47)51)41-29-24-35-14-6-7-15-37(35)32-41/h3-34H,1-2H3. The molecule has 0 amide bonds. The zero-order valence-corrected chi connectivity index (χ0v) is 30.9. The molecule has 260 valence electrons. The lowest BCUT2D eigenvalue weighted by Crippen LogP contribution is -2.16. The Balaban J connectivity index is 1.12. The van der Waals surface area contributed by atoms with Gasteiger partial charge < -0.3 is 9.47 Å². The molecule has 0 N–H and O–H groups in total. The van der Waals surface area contributed by atoms with Gasteiger partial charge in [0.1, 0.15) is 0 Å². The fraction of sp³-hybridized carbons (Fsp3) is 0.0566. The fourth-order valence-electron chi connectivity index (χ4n) is 9.30. The summed E-state index contributed by atoms with van der Waals surface area (Å²) in [4.78, 5) is 2.40. The lowest BCUT2D eigenvalue weighted by molar-refractivity contribution is 0.660. The Labute approximate surface area is 321 Å². The summed E-state index contributed by atoms with van der Waals surface area (Å²) in [6, 6.07) is 71.4. The maximum Gasteiger partial charge on any atom is 0.0625 e. The number of hydrogen-bond donors (Lipinski definition) is 0. The van der Waals surface area contributed by atoms with Gasteiger partial charge in [-0.3, -0.25) is 0 Å². The van der Waals surface area contributed by atoms with Crippen LogP contribution in [0.2, 0.25) is 0 Å². The average Bonchev–Trinajstić information content (AvgIpc) is 3.68. The minimum absolute atomic E-state index is 0.0859. The molecule has 0 saturated heterocycles. The van der Waals surface area contributed by atoms with Crippen LogP contribution in [0.1, 0.15) is 25.0 Å². The largest absolute Gasteiger partial charge is 0.310 e. The van der Waals surface area contributed by atoms with Crippen molar-refractivity contribution in [2.24, 2.45) is 0 Å². The van der Waals surface area contributed by atoms with Gasteiger partial charge in [0.15, 0.2) is 0 Å². The van der Waals surface area contributed by atoms with Gasteiger partial charge in [-0.1, -0.05) is 147 Å². The predicted molar refractivity (Wildman–Crippen MR) is 233 cm³/mol. The normalized spacial score (nSPS) is 13.1. The fourth-order valence-corrected chi connectivity index (χ4v) is 9.30. The number of rotatable bonds is 5. The quantitative estimate of drug-likeness (QED) is 0.173. The van der Waals surface area contributed by atoms with Gasteiger partial charge in [-0.2, -0.15) is 0 Å². The zero-order valence-electron chi connectivity index (χ0n) is 30.9. The Morgan fingerprint density at radius 1 is 0.418 bits per heavy atom. The Hall–Kier alpha value is -6.90. The molecule has 1 heterocycles. The van der Waals surface area contributed by atoms with Crippen LogP contribution >= 0.6 is 0 Å². The smallest absolute Gasteiger partial charge is 0.0625 e. The van der Waals surface area contributed by atoms with Crippen molar-refractivity contribution in [3.63, 3.8) is 0 Å². The van der Waals surface area contributed by atoms with Crippen LogP contribution in [0.4, 0.5) is 17.1 Å². The maximum atomic E-state index is 2.48. The number of nitrogens with zero attached hydrogens (tertiary/aromatic N) is 2. The molecule has 9 aromatic carbocycles. The monoisotopic (exact) mass is 702 g/mol. The van der Waals surface area contributed by atoms with Gasteiger partial charge in [0.05, 0.1) is 11.0 Å². The van der Waals surface area contributed by atoms with E-state index in [4.69, 9.17) is 0 Å². The third kappa shape index (κ3) is 4.81. The van der Waals surface area contributed by atoms with Crippen molar-refractivity contribution in [1.29, 1.82) is 0 Å². The van der Waals surface area contributed by atoms with Crippen molar-refractivity contribution in [2.45, 2.75) is 19.3 Å². The van der Waals surface area contributed by atoms with Crippen molar-refractivity contribution in [2.75, 3.05) is 4.90 Å². The topological polar surface area (TPSA) is 8.17 Å². The van der Waals surface area contributed by atoms with E-state index >= 15 is 0 Å². The van der Waals surface area contributed by atoms with Gasteiger partial charge in [-0.25, -0.2) is 0 Å². The molecule has 0 radical (unpaired) electrons. The maximum absolute atomic E-state index is 2.48. The Morgan fingerprint density at radius 2 is 1.05 bits per heavy atom. The van der Waals surface area contributed by atoms with E-state index in [1.54, 1.807) is 0 Å². The molecule has 55 heavy (non-hydrogen) atoms. The van der Waals surface area contributed by atoms with Crippen LogP contribution in [0, 0.1) is 0 Å². The lowest BCUT2D eigenvalue weighted by atomic mass is 9.82. The van der Waals surface area contributed by atoms with Crippen LogP contribution in [0.15, 0.2) is 194 Å². The molecule has 11 rings (SSSR count). The van der Waals surface area contributed by atoms with Crippen LogP contribution in [0.5, 0.6) is 0 Å². The number of para-hydroxylation sites is 2. The molecule has 0 unspecified atom stereocenters. The molecule has 0 atom stereocenters. The molecule has 0 fully saturated rings. The van der Waals surface area contributed by atoms with E-state index in [9.17, 15) is 0 Å². The average molecular weight is 703 g/mol. The van der Waals surface area contributed by atoms with E-state index < -0.39 is 0 Å². The predicted octanol–water partition coefficient (Wildman–Crippen LogP) is 14.5. The number of benzene rings is 9. The zero-order chi connectivity index (χ0) is 36.7. The molecular weight excluding hydrogens is 665 g/mol. The molecule has 2 heteroatoms. The van der Waals surface area contributed by atoms with Crippen molar-refractivity contribution < 1.29 is 0 Å². The molecule has 0 aliphatic heterocycles. The molecule has 1 aliphatic carbocycles. The van der Waals surface area contributed by atoms with E-state index in [1.165, 1.54) is 76.7 Å². The highest BCUT2D eigenvalue weighted by Crippen LogP contribution is 2.51. The summed E-state index contributed by atoms with van der Waals surface area (Å²) in [7, 11) is 0. The lowest BCUT2D eigenvalue weighted by Gasteiger charge is -2.28. The highest BCUT2D eigenvalue weighted by Gasteiger charge is 2.35. The Kier molecular flexibility index (Phi) is 6.93. The first-order valence-corrected chi connectivity index (χ1v) is 19.2. The third-order valence-corrected chi connectivity index (χ3v) is 11.9. The highest BCUT2D eigenvalue weighted by molar-refractivity contribution is 6.21. The number of anilines is 3. The minimum atomic E-state index is -0.0859. The van der Waals surface area contributed by atoms with E-state index in [1.807, 2.05) is 0 Å². The van der Waals surface area contributed by atoms with E-state index in [0.29, 0.717) is 0 Å². The SMILES string of the molecule is CC1(C)c2ccccc2-c2ccc(N(c3ccccc3)c3ccc(-c4c5ccccc5cc5c6ccccc6n(-c6ccc7ccccc7c6)c45)cc3)cc21. The summed E-state index contributed by atoms with van der Waals surface area (Å²) < 4.78 is 2.48. The number of fused-ring (bicyclic) bond motifs is 8. The van der Waals surface area contributed by atoms with E-state index in [2.05, 4.69) is 217 Å². The summed E-state index contributed by atoms with van der Waals surface area (Å²) in [5, 5.41) is 7.47. The second-order valence-electron chi connectivity index (χ2n) is 15.4. The molecule has 1 aliphatic rings. The van der Waals surface area contributed by atoms with Crippen molar-refractivity contribution >= 4 is 60.4 Å². The summed E-state index contributed by atoms with van der Waals surface area (Å²) >= 11 is 0. The first-order chi connectivity index (χ1) is 27.0. The van der Waals surface area contributed by atoms with Crippen LogP contribution in [-0.2, 0) is 5.41 Å². The Morgan fingerprint density at radius 3 is 1.89 bits per heavy atom. The van der Waals surface area contributed by atoms with Gasteiger partial charge in [0, 0.05) is 44.5 Å². The molecule has 2 nitrogen and oxygen atoms in total. The molecule has 0 bridgehead atoms. The van der Waals surface area contributed by atoms with Gasteiger partial charge in [0.25, 0.3) is 0 Å². The number of aromatic nitrogens is 1. The molecule has 0 saturated carbocycles. The molecular formula is C53H38N2. The molecule has 10 aromatic rings. The van der Waals surface area contributed by atoms with Crippen LogP contribution in [-0.4, -0.2) is 4.57 Å². The van der Waals surface area contributed by atoms with Gasteiger partial charge in [-0.15, -0.1) is 0 Å². The van der Waals surface area contributed by atoms with E-state index in [0.717, 1.165) is 22.7 Å². The highest BCUT2D eigenvalue weighted by atomic mass is 15.1. The summed E-state index contributed by atoms with van der Waals surface area (Å²) in [5.41, 5.74) is 14.8. The van der Waals surface area contributed by atoms with Crippen LogP contribution in [0.25, 0.3) is 71.3 Å². The van der Waals surface area contributed by atoms with Crippen molar-refractivity contribution in [1.82, 2.24) is 4.57 Å². The van der Waals surface area contributed by atoms with Crippen LogP contribution < -0.4 is 4.90 Å². The number of hydrogen-bond acceptors (Lipinski definition) is 1. The summed E-state index contributed by atoms with van der Waals surface area (Å²) in [6.45, 7) is 4.70. The first-order valence-electron chi connectivity index (χ1n) is 19.2. The second kappa shape index (κ2) is 12.1. The third-order valence-electron chi connectivity index (χ3n) is 11.9. The van der Waals surface area contributed by atoms with Crippen molar-refractivity contribution in [3.05, 3.63) is 205 Å². The van der Waals surface area contributed by atoms with Crippen molar-refractivity contribution in [3.8, 4) is 27.9 Å². The van der Waals surface area contributed by atoms with Gasteiger partial charge in [0.2, 0.25) is 0 Å². The molecule has 1 aromatic heterocycles. The molecule has 0 spiro atoms.